The molecule has 6 heteroatoms. The lowest BCUT2D eigenvalue weighted by Gasteiger charge is -2.17. The second-order valence-corrected chi connectivity index (χ2v) is 4.77. The Hall–Kier alpha value is -1.66. The van der Waals surface area contributed by atoms with Crippen molar-refractivity contribution in [1.82, 2.24) is 19.7 Å². The zero-order valence-electron chi connectivity index (χ0n) is 11.1. The molecule has 102 valence electrons. The average molecular weight is 262 g/mol. The largest absolute Gasteiger partial charge is 0.462 e. The molecule has 0 spiro atoms. The summed E-state index contributed by atoms with van der Waals surface area (Å²) in [7, 11) is 1.67. The van der Waals surface area contributed by atoms with Crippen LogP contribution in [0.5, 0.6) is 0 Å². The number of fused-ring (bicyclic) bond motifs is 1. The van der Waals surface area contributed by atoms with Gasteiger partial charge in [-0.3, -0.25) is 4.90 Å². The van der Waals surface area contributed by atoms with Crippen LogP contribution in [0.1, 0.15) is 17.3 Å². The van der Waals surface area contributed by atoms with Crippen molar-refractivity contribution in [3.63, 3.8) is 0 Å². The van der Waals surface area contributed by atoms with Crippen LogP contribution >= 0.6 is 0 Å². The zero-order chi connectivity index (χ0) is 13.1. The first-order valence-electron chi connectivity index (χ1n) is 6.51. The van der Waals surface area contributed by atoms with E-state index in [2.05, 4.69) is 19.7 Å². The van der Waals surface area contributed by atoms with E-state index in [1.165, 1.54) is 0 Å². The number of hydrogen-bond acceptors (Lipinski definition) is 5. The predicted molar refractivity (Wildman–Crippen MR) is 68.4 cm³/mol. The van der Waals surface area contributed by atoms with Gasteiger partial charge in [0.2, 0.25) is 0 Å². The molecule has 1 aliphatic rings. The van der Waals surface area contributed by atoms with Crippen LogP contribution in [0.15, 0.2) is 22.9 Å². The second-order valence-electron chi connectivity index (χ2n) is 4.77. The molecule has 0 radical (unpaired) electrons. The smallest absolute Gasteiger partial charge is 0.134 e. The maximum atomic E-state index is 5.72. The quantitative estimate of drug-likeness (QED) is 0.825. The van der Waals surface area contributed by atoms with Crippen LogP contribution in [0.4, 0.5) is 0 Å². The van der Waals surface area contributed by atoms with E-state index in [0.29, 0.717) is 6.61 Å². The maximum Gasteiger partial charge on any atom is 0.134 e. The zero-order valence-corrected chi connectivity index (χ0v) is 11.1. The van der Waals surface area contributed by atoms with Crippen LogP contribution in [-0.2, 0) is 30.9 Å². The molecule has 2 aromatic heterocycles. The molecule has 0 saturated carbocycles. The lowest BCUT2D eigenvalue weighted by Crippen LogP contribution is -2.26. The van der Waals surface area contributed by atoms with E-state index in [9.17, 15) is 0 Å². The summed E-state index contributed by atoms with van der Waals surface area (Å²) in [4.78, 5) is 2.38. The van der Waals surface area contributed by atoms with Crippen LogP contribution < -0.4 is 0 Å². The Labute approximate surface area is 112 Å². The number of aromatic nitrogens is 3. The minimum absolute atomic E-state index is 0.529. The van der Waals surface area contributed by atoms with Crippen molar-refractivity contribution in [3.05, 3.63) is 35.8 Å². The highest BCUT2D eigenvalue weighted by molar-refractivity contribution is 5.06. The summed E-state index contributed by atoms with van der Waals surface area (Å²) < 4.78 is 12.9. The molecule has 6 nitrogen and oxygen atoms in total. The van der Waals surface area contributed by atoms with Gasteiger partial charge in [-0.25, -0.2) is 0 Å². The first kappa shape index (κ1) is 12.4. The van der Waals surface area contributed by atoms with Gasteiger partial charge in [0, 0.05) is 33.2 Å². The normalized spacial score (nSPS) is 16.3. The summed E-state index contributed by atoms with van der Waals surface area (Å²) in [5.74, 6) is 2.94. The minimum atomic E-state index is 0.529. The van der Waals surface area contributed by atoms with Gasteiger partial charge in [0.05, 0.1) is 6.54 Å². The number of nitrogens with zero attached hydrogens (tertiary/aromatic N) is 4. The van der Waals surface area contributed by atoms with Gasteiger partial charge in [0.1, 0.15) is 30.3 Å². The minimum Gasteiger partial charge on any atom is -0.462 e. The summed E-state index contributed by atoms with van der Waals surface area (Å²) in [5, 5.41) is 8.07. The molecule has 0 unspecified atom stereocenters. The lowest BCUT2D eigenvalue weighted by molar-refractivity contribution is 0.159. The summed E-state index contributed by atoms with van der Waals surface area (Å²) >= 11 is 0. The van der Waals surface area contributed by atoms with E-state index in [-0.39, 0.29) is 0 Å². The van der Waals surface area contributed by atoms with Crippen LogP contribution in [0.25, 0.3) is 0 Å². The van der Waals surface area contributed by atoms with Crippen molar-refractivity contribution in [2.75, 3.05) is 20.2 Å². The van der Waals surface area contributed by atoms with E-state index in [1.807, 2.05) is 18.5 Å². The highest BCUT2D eigenvalue weighted by atomic mass is 16.5. The highest BCUT2D eigenvalue weighted by Gasteiger charge is 2.16. The molecular weight excluding hydrogens is 244 g/mol. The maximum absolute atomic E-state index is 5.72. The molecule has 0 bridgehead atoms. The molecule has 0 aliphatic carbocycles. The third kappa shape index (κ3) is 2.85. The highest BCUT2D eigenvalue weighted by Crippen LogP contribution is 2.13. The van der Waals surface area contributed by atoms with E-state index in [1.54, 1.807) is 7.11 Å². The molecule has 3 rings (SSSR count). The molecule has 0 amide bonds. The molecule has 0 N–H and O–H groups in total. The third-order valence-electron chi connectivity index (χ3n) is 3.39. The molecule has 19 heavy (non-hydrogen) atoms. The van der Waals surface area contributed by atoms with Gasteiger partial charge in [0.15, 0.2) is 0 Å². The molecule has 2 aromatic rings. The second kappa shape index (κ2) is 5.54. The van der Waals surface area contributed by atoms with Crippen molar-refractivity contribution in [2.45, 2.75) is 26.1 Å². The fourth-order valence-corrected chi connectivity index (χ4v) is 2.38. The fourth-order valence-electron chi connectivity index (χ4n) is 2.38. The van der Waals surface area contributed by atoms with Crippen LogP contribution in [0.2, 0.25) is 0 Å². The first-order chi connectivity index (χ1) is 9.35. The van der Waals surface area contributed by atoms with Gasteiger partial charge in [-0.1, -0.05) is 0 Å². The Morgan fingerprint density at radius 2 is 2.16 bits per heavy atom. The molecule has 0 atom stereocenters. The number of hydrogen-bond donors (Lipinski definition) is 0. The van der Waals surface area contributed by atoms with Crippen LogP contribution in [0, 0.1) is 0 Å². The topological polar surface area (TPSA) is 56.3 Å². The van der Waals surface area contributed by atoms with Crippen molar-refractivity contribution in [2.24, 2.45) is 0 Å². The molecule has 1 aliphatic heterocycles. The van der Waals surface area contributed by atoms with E-state index >= 15 is 0 Å². The summed E-state index contributed by atoms with van der Waals surface area (Å²) in [5.41, 5.74) is 0. The van der Waals surface area contributed by atoms with Gasteiger partial charge in [-0.2, -0.15) is 0 Å². The number of rotatable bonds is 4. The van der Waals surface area contributed by atoms with Crippen LogP contribution in [0.3, 0.4) is 0 Å². The van der Waals surface area contributed by atoms with Crippen molar-refractivity contribution < 1.29 is 9.15 Å². The van der Waals surface area contributed by atoms with Gasteiger partial charge >= 0.3 is 0 Å². The summed E-state index contributed by atoms with van der Waals surface area (Å²) in [6, 6.07) is 4.00. The number of ether oxygens (including phenoxy) is 1. The standard InChI is InChI=1S/C13H18N4O2/c1-18-9-12-3-2-11(19-12)8-16-5-4-13-15-14-10-17(13)7-6-16/h2-3,10H,4-9H2,1H3. The molecular formula is C13H18N4O2. The molecule has 0 fully saturated rings. The number of furan rings is 1. The Balaban J connectivity index is 1.59. The predicted octanol–water partition coefficient (Wildman–Crippen LogP) is 1.08. The van der Waals surface area contributed by atoms with Gasteiger partial charge in [-0.15, -0.1) is 10.2 Å². The molecule has 0 saturated heterocycles. The van der Waals surface area contributed by atoms with Crippen molar-refractivity contribution in [3.8, 4) is 0 Å². The van der Waals surface area contributed by atoms with E-state index in [0.717, 1.165) is 49.9 Å². The van der Waals surface area contributed by atoms with Crippen molar-refractivity contribution in [1.29, 1.82) is 0 Å². The van der Waals surface area contributed by atoms with E-state index in [4.69, 9.17) is 9.15 Å². The summed E-state index contributed by atoms with van der Waals surface area (Å²) in [6.07, 6.45) is 2.74. The van der Waals surface area contributed by atoms with Crippen LogP contribution in [-0.4, -0.2) is 39.9 Å². The Bertz CT molecular complexity index is 512. The SMILES string of the molecule is COCc1ccc(CN2CCc3nncn3CC2)o1. The third-order valence-corrected chi connectivity index (χ3v) is 3.39. The van der Waals surface area contributed by atoms with E-state index < -0.39 is 0 Å². The first-order valence-corrected chi connectivity index (χ1v) is 6.51. The Kier molecular flexibility index (Phi) is 3.61. The lowest BCUT2D eigenvalue weighted by atomic mass is 10.3. The number of methoxy groups -OCH3 is 1. The van der Waals surface area contributed by atoms with Crippen molar-refractivity contribution >= 4 is 0 Å². The van der Waals surface area contributed by atoms with Gasteiger partial charge < -0.3 is 13.7 Å². The Morgan fingerprint density at radius 3 is 3.05 bits per heavy atom. The fraction of sp³-hybridized carbons (Fsp3) is 0.538. The monoisotopic (exact) mass is 262 g/mol. The average Bonchev–Trinajstić information content (AvgIpc) is 2.99. The summed E-state index contributed by atoms with van der Waals surface area (Å²) in [6.45, 7) is 4.28. The Morgan fingerprint density at radius 1 is 1.26 bits per heavy atom. The van der Waals surface area contributed by atoms with Gasteiger partial charge in [-0.05, 0) is 12.1 Å². The molecule has 0 aromatic carbocycles. The molecule has 3 heterocycles. The van der Waals surface area contributed by atoms with Gasteiger partial charge in [0.25, 0.3) is 0 Å².